The summed E-state index contributed by atoms with van der Waals surface area (Å²) in [6.07, 6.45) is 4.20. The first-order chi connectivity index (χ1) is 8.41. The number of hydrazine groups is 1. The molecule has 4 heteroatoms. The maximum atomic E-state index is 12.0. The van der Waals surface area contributed by atoms with Crippen LogP contribution in [0.2, 0.25) is 0 Å². The van der Waals surface area contributed by atoms with E-state index in [-0.39, 0.29) is 35.5 Å². The van der Waals surface area contributed by atoms with Crippen molar-refractivity contribution in [3.05, 3.63) is 23.3 Å². The van der Waals surface area contributed by atoms with E-state index < -0.39 is 0 Å². The molecule has 0 aromatic heterocycles. The lowest BCUT2D eigenvalue weighted by molar-refractivity contribution is -0.146. The standard InChI is InChI=1S/C14H20N2O2/c1-7(2)5-10-6-8(3)9(4)11-12(10)14(18)16-15-13(11)17/h5-6,9-12H,1-4H3,(H,15,17)(H,16,18)/t9-,10+,11-,12-/m0/s1. The van der Waals surface area contributed by atoms with Gasteiger partial charge in [-0.2, -0.15) is 0 Å². The van der Waals surface area contributed by atoms with Gasteiger partial charge >= 0.3 is 0 Å². The minimum Gasteiger partial charge on any atom is -0.273 e. The van der Waals surface area contributed by atoms with Crippen molar-refractivity contribution in [1.82, 2.24) is 10.9 Å². The number of carbonyl (C=O) groups excluding carboxylic acids is 2. The lowest BCUT2D eigenvalue weighted by Crippen LogP contribution is -2.60. The number of nitrogens with one attached hydrogen (secondary N) is 2. The topological polar surface area (TPSA) is 58.2 Å². The van der Waals surface area contributed by atoms with Crippen LogP contribution in [-0.2, 0) is 9.59 Å². The summed E-state index contributed by atoms with van der Waals surface area (Å²) in [5, 5.41) is 0. The van der Waals surface area contributed by atoms with Crippen LogP contribution in [0.5, 0.6) is 0 Å². The molecular formula is C14H20N2O2. The molecule has 0 unspecified atom stereocenters. The summed E-state index contributed by atoms with van der Waals surface area (Å²) in [4.78, 5) is 24.0. The summed E-state index contributed by atoms with van der Waals surface area (Å²) in [6, 6.07) is 0. The second kappa shape index (κ2) is 4.59. The lowest BCUT2D eigenvalue weighted by Gasteiger charge is -2.41. The van der Waals surface area contributed by atoms with Crippen molar-refractivity contribution in [3.8, 4) is 0 Å². The lowest BCUT2D eigenvalue weighted by atomic mass is 9.66. The average Bonchev–Trinajstić information content (AvgIpc) is 2.28. The first-order valence-electron chi connectivity index (χ1n) is 6.35. The van der Waals surface area contributed by atoms with Crippen LogP contribution in [0.3, 0.4) is 0 Å². The number of amides is 2. The first-order valence-corrected chi connectivity index (χ1v) is 6.35. The Kier molecular flexibility index (Phi) is 3.28. The van der Waals surface area contributed by atoms with E-state index in [4.69, 9.17) is 0 Å². The van der Waals surface area contributed by atoms with Gasteiger partial charge in [-0.3, -0.25) is 20.4 Å². The maximum Gasteiger partial charge on any atom is 0.243 e. The maximum absolute atomic E-state index is 12.0. The minimum atomic E-state index is -0.285. The number of allylic oxidation sites excluding steroid dienone is 4. The first kappa shape index (κ1) is 12.9. The van der Waals surface area contributed by atoms with E-state index in [0.29, 0.717) is 0 Å². The van der Waals surface area contributed by atoms with Crippen molar-refractivity contribution < 1.29 is 9.59 Å². The third kappa shape index (κ3) is 2.07. The highest BCUT2D eigenvalue weighted by Crippen LogP contribution is 2.40. The predicted molar refractivity (Wildman–Crippen MR) is 69.1 cm³/mol. The Morgan fingerprint density at radius 3 is 2.28 bits per heavy atom. The van der Waals surface area contributed by atoms with Gasteiger partial charge in [0.05, 0.1) is 11.8 Å². The Morgan fingerprint density at radius 1 is 1.17 bits per heavy atom. The molecule has 0 bridgehead atoms. The van der Waals surface area contributed by atoms with Gasteiger partial charge in [0.25, 0.3) is 0 Å². The highest BCUT2D eigenvalue weighted by Gasteiger charge is 2.47. The molecule has 1 aliphatic heterocycles. The SMILES string of the molecule is CC(C)=C[C@@H]1C=C(C)[C@H](C)[C@@H]2C(=O)NNC(=O)[C@@H]12. The zero-order valence-electron chi connectivity index (χ0n) is 11.3. The Bertz CT molecular complexity index is 447. The van der Waals surface area contributed by atoms with Crippen LogP contribution in [0.4, 0.5) is 0 Å². The Balaban J connectivity index is 2.45. The molecule has 18 heavy (non-hydrogen) atoms. The van der Waals surface area contributed by atoms with Crippen LogP contribution in [0.25, 0.3) is 0 Å². The molecule has 0 spiro atoms. The number of hydrogen-bond acceptors (Lipinski definition) is 2. The van der Waals surface area contributed by atoms with Crippen molar-refractivity contribution in [2.45, 2.75) is 27.7 Å². The smallest absolute Gasteiger partial charge is 0.243 e. The Labute approximate surface area is 107 Å². The molecule has 0 saturated carbocycles. The van der Waals surface area contributed by atoms with Crippen molar-refractivity contribution in [2.75, 3.05) is 0 Å². The van der Waals surface area contributed by atoms with Crippen LogP contribution in [0, 0.1) is 23.7 Å². The normalized spacial score (nSPS) is 35.0. The quantitative estimate of drug-likeness (QED) is 0.692. The molecule has 0 aromatic carbocycles. The molecule has 2 amide bonds. The fraction of sp³-hybridized carbons (Fsp3) is 0.571. The summed E-state index contributed by atoms with van der Waals surface area (Å²) in [7, 11) is 0. The minimum absolute atomic E-state index is 0.0160. The molecule has 2 N–H and O–H groups in total. The summed E-state index contributed by atoms with van der Waals surface area (Å²) >= 11 is 0. The molecule has 1 saturated heterocycles. The predicted octanol–water partition coefficient (Wildman–Crippen LogP) is 1.56. The van der Waals surface area contributed by atoms with E-state index in [9.17, 15) is 9.59 Å². The molecular weight excluding hydrogens is 228 g/mol. The van der Waals surface area contributed by atoms with Gasteiger partial charge < -0.3 is 0 Å². The number of fused-ring (bicyclic) bond motifs is 1. The summed E-state index contributed by atoms with van der Waals surface area (Å²) in [5.74, 6) is -0.578. The molecule has 2 aliphatic rings. The van der Waals surface area contributed by atoms with E-state index in [2.05, 4.69) is 23.0 Å². The van der Waals surface area contributed by atoms with Crippen LogP contribution in [0.15, 0.2) is 23.3 Å². The Morgan fingerprint density at radius 2 is 1.72 bits per heavy atom. The molecule has 1 aliphatic carbocycles. The molecule has 1 fully saturated rings. The highest BCUT2D eigenvalue weighted by molar-refractivity contribution is 5.94. The molecule has 98 valence electrons. The van der Waals surface area contributed by atoms with Gasteiger partial charge in [-0.1, -0.05) is 30.2 Å². The molecule has 1 heterocycles. The van der Waals surface area contributed by atoms with E-state index >= 15 is 0 Å². The summed E-state index contributed by atoms with van der Waals surface area (Å²) < 4.78 is 0. The highest BCUT2D eigenvalue weighted by atomic mass is 16.2. The van der Waals surface area contributed by atoms with Gasteiger partial charge in [0.15, 0.2) is 0 Å². The van der Waals surface area contributed by atoms with Gasteiger partial charge in [0, 0.05) is 5.92 Å². The number of hydrogen-bond donors (Lipinski definition) is 2. The molecule has 4 nitrogen and oxygen atoms in total. The van der Waals surface area contributed by atoms with Crippen molar-refractivity contribution >= 4 is 11.8 Å². The fourth-order valence-electron chi connectivity index (χ4n) is 2.95. The van der Waals surface area contributed by atoms with Crippen LogP contribution < -0.4 is 10.9 Å². The summed E-state index contributed by atoms with van der Waals surface area (Å²) in [6.45, 7) is 8.07. The second-order valence-electron chi connectivity index (χ2n) is 5.55. The van der Waals surface area contributed by atoms with Gasteiger partial charge in [-0.25, -0.2) is 0 Å². The number of carbonyl (C=O) groups is 2. The largest absolute Gasteiger partial charge is 0.273 e. The van der Waals surface area contributed by atoms with Crippen molar-refractivity contribution in [2.24, 2.45) is 23.7 Å². The third-order valence-corrected chi connectivity index (χ3v) is 3.95. The van der Waals surface area contributed by atoms with Crippen LogP contribution in [0.1, 0.15) is 27.7 Å². The van der Waals surface area contributed by atoms with E-state index in [1.165, 1.54) is 5.57 Å². The zero-order chi connectivity index (χ0) is 13.4. The van der Waals surface area contributed by atoms with Gasteiger partial charge in [-0.15, -0.1) is 0 Å². The Hall–Kier alpha value is -1.58. The monoisotopic (exact) mass is 248 g/mol. The van der Waals surface area contributed by atoms with Crippen molar-refractivity contribution in [1.29, 1.82) is 0 Å². The van der Waals surface area contributed by atoms with E-state index in [0.717, 1.165) is 5.57 Å². The van der Waals surface area contributed by atoms with Crippen molar-refractivity contribution in [3.63, 3.8) is 0 Å². The molecule has 0 aromatic rings. The average molecular weight is 248 g/mol. The second-order valence-corrected chi connectivity index (χ2v) is 5.55. The molecule has 0 radical (unpaired) electrons. The van der Waals surface area contributed by atoms with Gasteiger partial charge in [0.1, 0.15) is 0 Å². The van der Waals surface area contributed by atoms with E-state index in [1.54, 1.807) is 0 Å². The van der Waals surface area contributed by atoms with Crippen LogP contribution in [-0.4, -0.2) is 11.8 Å². The van der Waals surface area contributed by atoms with Gasteiger partial charge in [0.2, 0.25) is 11.8 Å². The van der Waals surface area contributed by atoms with Gasteiger partial charge in [-0.05, 0) is 26.7 Å². The van der Waals surface area contributed by atoms with E-state index in [1.807, 2.05) is 27.7 Å². The number of rotatable bonds is 1. The van der Waals surface area contributed by atoms with Crippen LogP contribution >= 0.6 is 0 Å². The summed E-state index contributed by atoms with van der Waals surface area (Å²) in [5.41, 5.74) is 7.29. The zero-order valence-corrected chi connectivity index (χ0v) is 11.3. The molecule has 2 rings (SSSR count). The fourth-order valence-corrected chi connectivity index (χ4v) is 2.95. The molecule has 4 atom stereocenters. The third-order valence-electron chi connectivity index (χ3n) is 3.95.